The highest BCUT2D eigenvalue weighted by Crippen LogP contribution is 2.53. The first-order chi connectivity index (χ1) is 32.5. The van der Waals surface area contributed by atoms with Gasteiger partial charge >= 0.3 is 43.2 Å². The zero-order valence-corrected chi connectivity index (χ0v) is 44.1. The van der Waals surface area contributed by atoms with Gasteiger partial charge in [0, 0.05) is 12.8 Å². The quantitative estimate of drug-likeness (QED) is 0.0119. The molecule has 0 aliphatic heterocycles. The number of carbonyl (C=O) groups is 2. The van der Waals surface area contributed by atoms with E-state index >= 15 is 0 Å². The largest absolute Gasteiger partial charge is 0.472 e. The van der Waals surface area contributed by atoms with Crippen molar-refractivity contribution in [3.05, 3.63) is 12.2 Å². The Morgan fingerprint density at radius 2 is 0.797 bits per heavy atom. The lowest BCUT2D eigenvalue weighted by Gasteiger charge is -2.45. The van der Waals surface area contributed by atoms with Crippen molar-refractivity contribution in [1.29, 1.82) is 0 Å². The molecule has 22 nitrogen and oxygen atoms in total. The summed E-state index contributed by atoms with van der Waals surface area (Å²) < 4.78 is 82.1. The molecule has 0 aromatic rings. The van der Waals surface area contributed by atoms with E-state index in [1.165, 1.54) is 83.5 Å². The van der Waals surface area contributed by atoms with Crippen molar-refractivity contribution in [3.63, 3.8) is 0 Å². The number of unbranched alkanes of at least 4 members (excludes halogenated alkanes) is 23. The summed E-state index contributed by atoms with van der Waals surface area (Å²) in [5.41, 5.74) is 0. The monoisotopic (exact) mass is 1080 g/mol. The van der Waals surface area contributed by atoms with Crippen molar-refractivity contribution in [1.82, 2.24) is 0 Å². The number of aliphatic hydroxyl groups excluding tert-OH is 2. The Kier molecular flexibility index (Phi) is 35.3. The summed E-state index contributed by atoms with van der Waals surface area (Å²) in [5, 5.41) is 21.8. The first-order valence-electron chi connectivity index (χ1n) is 24.7. The average molecular weight is 1080 g/mol. The molecule has 0 aromatic heterocycles. The van der Waals surface area contributed by atoms with Gasteiger partial charge in [0.15, 0.2) is 6.10 Å². The van der Waals surface area contributed by atoms with Crippen LogP contribution in [0.25, 0.3) is 0 Å². The number of hydrogen-bond acceptors (Lipinski definition) is 15. The van der Waals surface area contributed by atoms with Crippen LogP contribution in [0.5, 0.6) is 0 Å². The minimum absolute atomic E-state index is 0.0377. The minimum atomic E-state index is -5.79. The highest BCUT2D eigenvalue weighted by molar-refractivity contribution is 7.47. The number of hydrogen-bond donors (Lipinski definition) is 9. The van der Waals surface area contributed by atoms with Crippen molar-refractivity contribution < 1.29 is 104 Å². The summed E-state index contributed by atoms with van der Waals surface area (Å²) in [6.45, 7) is 2.74. The number of rotatable bonds is 43. The van der Waals surface area contributed by atoms with Crippen LogP contribution in [0.4, 0.5) is 0 Å². The number of aliphatic hydroxyl groups is 2. The molecular weight excluding hydrogens is 992 g/mol. The molecular formula is C43H84O22P4. The smallest absolute Gasteiger partial charge is 0.462 e. The first kappa shape index (κ1) is 66.1. The molecule has 1 saturated carbocycles. The van der Waals surface area contributed by atoms with Crippen molar-refractivity contribution in [2.75, 3.05) is 13.2 Å². The molecule has 0 saturated heterocycles. The lowest BCUT2D eigenvalue weighted by atomic mass is 9.85. The molecule has 0 amide bonds. The number of esters is 2. The van der Waals surface area contributed by atoms with Crippen LogP contribution >= 0.6 is 31.3 Å². The number of carbonyl (C=O) groups excluding carboxylic acids is 2. The maximum absolute atomic E-state index is 13.3. The Morgan fingerprint density at radius 1 is 0.449 bits per heavy atom. The van der Waals surface area contributed by atoms with Gasteiger partial charge in [-0.25, -0.2) is 18.3 Å². The summed E-state index contributed by atoms with van der Waals surface area (Å²) in [5.74, 6) is -1.40. The summed E-state index contributed by atoms with van der Waals surface area (Å²) in [6, 6.07) is 0. The average Bonchev–Trinajstić information content (AvgIpc) is 3.25. The Labute approximate surface area is 408 Å². The van der Waals surface area contributed by atoms with Gasteiger partial charge < -0.3 is 53.9 Å². The summed E-state index contributed by atoms with van der Waals surface area (Å²) in [7, 11) is -23.0. The van der Waals surface area contributed by atoms with Gasteiger partial charge in [0.1, 0.15) is 43.2 Å². The summed E-state index contributed by atoms with van der Waals surface area (Å²) in [4.78, 5) is 92.8. The molecule has 0 aromatic carbocycles. The first-order valence-corrected chi connectivity index (χ1v) is 30.8. The molecule has 0 bridgehead atoms. The van der Waals surface area contributed by atoms with Gasteiger partial charge in [-0.1, -0.05) is 154 Å². The van der Waals surface area contributed by atoms with Crippen LogP contribution in [0.2, 0.25) is 0 Å². The van der Waals surface area contributed by atoms with E-state index < -0.39 is 99.2 Å². The van der Waals surface area contributed by atoms with E-state index in [2.05, 4.69) is 39.6 Å². The Morgan fingerprint density at radius 3 is 1.20 bits per heavy atom. The van der Waals surface area contributed by atoms with Crippen molar-refractivity contribution in [2.24, 2.45) is 0 Å². The molecule has 69 heavy (non-hydrogen) atoms. The number of allylic oxidation sites excluding steroid dienone is 2. The standard InChI is InChI=1S/C43H84O22P4/c1-3-5-7-9-11-13-15-17-18-20-21-23-25-27-29-31-36(44)59-33-35(61-37(45)32-30-28-26-24-22-19-16-14-12-10-8-6-4-2)34-60-69(57,58)65-40-38(46)41(62-66(48,49)50)43(64-68(54,55)56)42(39(40)47)63-67(51,52)53/h14,16,35,38-43,46-47H,3-13,15,17-34H2,1-2H3,(H,57,58)(H2,48,49,50)(H2,51,52,53)(H2,54,55,56). The molecule has 6 atom stereocenters. The van der Waals surface area contributed by atoms with Crippen molar-refractivity contribution in [2.45, 2.75) is 236 Å². The van der Waals surface area contributed by atoms with E-state index in [0.29, 0.717) is 19.3 Å². The van der Waals surface area contributed by atoms with Gasteiger partial charge in [-0.2, -0.15) is 0 Å². The predicted octanol–water partition coefficient (Wildman–Crippen LogP) is 8.63. The topological polar surface area (TPSA) is 349 Å². The van der Waals surface area contributed by atoms with Crippen molar-refractivity contribution in [3.8, 4) is 0 Å². The maximum atomic E-state index is 13.3. The fraction of sp³-hybridized carbons (Fsp3) is 0.907. The SMILES string of the molecule is CCCCCCC=CCCCCCCCC(=O)OC(COC(=O)CCCCCCCCCCCCCCCCC)COP(=O)(O)OC1C(O)C(OP(=O)(O)O)C(OP(=O)(O)O)C(OP(=O)(O)O)C1O. The highest BCUT2D eigenvalue weighted by Gasteiger charge is 2.59. The molecule has 1 aliphatic carbocycles. The predicted molar refractivity (Wildman–Crippen MR) is 254 cm³/mol. The Hall–Kier alpha value is -0.960. The second-order valence-corrected chi connectivity index (χ2v) is 22.6. The third-order valence-corrected chi connectivity index (χ3v) is 13.8. The number of phosphoric ester groups is 4. The van der Waals surface area contributed by atoms with Crippen molar-refractivity contribution >= 4 is 43.2 Å². The maximum Gasteiger partial charge on any atom is 0.472 e. The fourth-order valence-electron chi connectivity index (χ4n) is 7.72. The van der Waals surface area contributed by atoms with E-state index in [9.17, 15) is 72.3 Å². The van der Waals surface area contributed by atoms with Gasteiger partial charge in [-0.15, -0.1) is 0 Å². The third kappa shape index (κ3) is 35.0. The second kappa shape index (κ2) is 36.9. The zero-order valence-electron chi connectivity index (χ0n) is 40.5. The lowest BCUT2D eigenvalue weighted by molar-refractivity contribution is -0.209. The molecule has 6 unspecified atom stereocenters. The van der Waals surface area contributed by atoms with Gasteiger partial charge in [0.25, 0.3) is 0 Å². The van der Waals surface area contributed by atoms with Gasteiger partial charge in [0.05, 0.1) is 6.61 Å². The number of phosphoric acid groups is 4. The molecule has 9 N–H and O–H groups in total. The van der Waals surface area contributed by atoms with Gasteiger partial charge in [-0.05, 0) is 38.5 Å². The van der Waals surface area contributed by atoms with Crippen LogP contribution in [0.3, 0.4) is 0 Å². The third-order valence-electron chi connectivity index (χ3n) is 11.3. The second-order valence-electron chi connectivity index (χ2n) is 17.6. The fourth-order valence-corrected chi connectivity index (χ4v) is 10.4. The Balaban J connectivity index is 2.89. The van der Waals surface area contributed by atoms with E-state index in [1.54, 1.807) is 0 Å². The summed E-state index contributed by atoms with van der Waals surface area (Å²) in [6.07, 6.45) is 14.3. The van der Waals surface area contributed by atoms with Crippen LogP contribution in [-0.2, 0) is 59.9 Å². The molecule has 1 aliphatic rings. The normalized spacial score (nSPS) is 21.6. The van der Waals surface area contributed by atoms with E-state index in [-0.39, 0.29) is 12.8 Å². The van der Waals surface area contributed by atoms with E-state index in [4.69, 9.17) is 18.5 Å². The molecule has 1 rings (SSSR count). The molecule has 1 fully saturated rings. The van der Waals surface area contributed by atoms with Gasteiger partial charge in [0.2, 0.25) is 0 Å². The zero-order chi connectivity index (χ0) is 51.8. The summed E-state index contributed by atoms with van der Waals surface area (Å²) >= 11 is 0. The molecule has 0 spiro atoms. The minimum Gasteiger partial charge on any atom is -0.462 e. The van der Waals surface area contributed by atoms with E-state index in [0.717, 1.165) is 64.2 Å². The molecule has 0 heterocycles. The molecule has 408 valence electrons. The van der Waals surface area contributed by atoms with Crippen LogP contribution in [0.1, 0.15) is 194 Å². The Bertz CT molecular complexity index is 1560. The van der Waals surface area contributed by atoms with Crippen LogP contribution < -0.4 is 0 Å². The van der Waals surface area contributed by atoms with Crippen LogP contribution in [0, 0.1) is 0 Å². The molecule has 0 radical (unpaired) electrons. The lowest BCUT2D eigenvalue weighted by Crippen LogP contribution is -2.65. The van der Waals surface area contributed by atoms with Crippen LogP contribution in [0.15, 0.2) is 12.2 Å². The van der Waals surface area contributed by atoms with E-state index in [1.807, 2.05) is 0 Å². The number of ether oxygens (including phenoxy) is 2. The van der Waals surface area contributed by atoms with Crippen LogP contribution in [-0.4, -0.2) is 112 Å². The highest BCUT2D eigenvalue weighted by atomic mass is 31.2. The molecule has 26 heteroatoms. The van der Waals surface area contributed by atoms with Gasteiger partial charge in [-0.3, -0.25) is 32.2 Å².